The van der Waals surface area contributed by atoms with Crippen LogP contribution in [0.25, 0.3) is 0 Å². The van der Waals surface area contributed by atoms with Gasteiger partial charge in [0.15, 0.2) is 0 Å². The van der Waals surface area contributed by atoms with E-state index >= 15 is 0 Å². The fourth-order valence-corrected chi connectivity index (χ4v) is 1.17. The first-order chi connectivity index (χ1) is 6.65. The van der Waals surface area contributed by atoms with E-state index in [1.54, 1.807) is 13.1 Å². The highest BCUT2D eigenvalue weighted by Gasteiger charge is 2.06. The zero-order chi connectivity index (χ0) is 10.6. The molecule has 3 heteroatoms. The van der Waals surface area contributed by atoms with Gasteiger partial charge in [-0.25, -0.2) is 0 Å². The van der Waals surface area contributed by atoms with Gasteiger partial charge in [-0.3, -0.25) is 4.98 Å². The van der Waals surface area contributed by atoms with Gasteiger partial charge in [-0.2, -0.15) is 0 Å². The van der Waals surface area contributed by atoms with Gasteiger partial charge >= 0.3 is 0 Å². The molecule has 0 aliphatic rings. The average Bonchev–Trinajstić information content (AvgIpc) is 2.15. The minimum atomic E-state index is 0.515. The summed E-state index contributed by atoms with van der Waals surface area (Å²) in [6.45, 7) is 6.40. The number of pyridine rings is 1. The standard InChI is InChI=1S/C11H16N2O/c1-4-5-14-11-7-13-8(2)6-10(11)9(3)12/h6-7,12H,4-5H2,1-3H3. The molecule has 0 aromatic carbocycles. The van der Waals surface area contributed by atoms with Gasteiger partial charge in [0.1, 0.15) is 5.75 Å². The molecule has 0 bridgehead atoms. The molecule has 1 rings (SSSR count). The molecule has 0 saturated carbocycles. The molecular formula is C11H16N2O. The van der Waals surface area contributed by atoms with Crippen LogP contribution in [0.1, 0.15) is 31.5 Å². The van der Waals surface area contributed by atoms with E-state index in [4.69, 9.17) is 10.1 Å². The molecule has 0 amide bonds. The zero-order valence-electron chi connectivity index (χ0n) is 8.92. The molecule has 1 aromatic heterocycles. The van der Waals surface area contributed by atoms with Crippen LogP contribution in [0.3, 0.4) is 0 Å². The van der Waals surface area contributed by atoms with Crippen molar-refractivity contribution in [3.8, 4) is 5.75 Å². The zero-order valence-corrected chi connectivity index (χ0v) is 8.92. The highest BCUT2D eigenvalue weighted by molar-refractivity contribution is 5.98. The van der Waals surface area contributed by atoms with E-state index in [1.807, 2.05) is 13.0 Å². The van der Waals surface area contributed by atoms with Gasteiger partial charge in [0.2, 0.25) is 0 Å². The number of hydrogen-bond donors (Lipinski definition) is 1. The summed E-state index contributed by atoms with van der Waals surface area (Å²) in [5, 5.41) is 7.60. The van der Waals surface area contributed by atoms with Gasteiger partial charge < -0.3 is 10.1 Å². The Morgan fingerprint density at radius 1 is 1.57 bits per heavy atom. The van der Waals surface area contributed by atoms with E-state index < -0.39 is 0 Å². The van der Waals surface area contributed by atoms with Crippen LogP contribution in [0.5, 0.6) is 5.75 Å². The van der Waals surface area contributed by atoms with Crippen molar-refractivity contribution >= 4 is 5.71 Å². The van der Waals surface area contributed by atoms with Gasteiger partial charge in [-0.15, -0.1) is 0 Å². The van der Waals surface area contributed by atoms with E-state index in [1.165, 1.54) is 0 Å². The molecule has 0 unspecified atom stereocenters. The van der Waals surface area contributed by atoms with Crippen molar-refractivity contribution in [3.63, 3.8) is 0 Å². The number of hydrogen-bond acceptors (Lipinski definition) is 3. The van der Waals surface area contributed by atoms with E-state index in [0.29, 0.717) is 18.1 Å². The smallest absolute Gasteiger partial charge is 0.146 e. The van der Waals surface area contributed by atoms with Crippen LogP contribution >= 0.6 is 0 Å². The second kappa shape index (κ2) is 4.74. The summed E-state index contributed by atoms with van der Waals surface area (Å²) in [6.07, 6.45) is 2.66. The van der Waals surface area contributed by atoms with Crippen molar-refractivity contribution in [1.82, 2.24) is 4.98 Å². The number of nitrogens with one attached hydrogen (secondary N) is 1. The Bertz CT molecular complexity index is 334. The Labute approximate surface area is 84.6 Å². The predicted molar refractivity (Wildman–Crippen MR) is 57.3 cm³/mol. The van der Waals surface area contributed by atoms with E-state index in [-0.39, 0.29) is 0 Å². The van der Waals surface area contributed by atoms with Crippen molar-refractivity contribution in [2.75, 3.05) is 6.61 Å². The van der Waals surface area contributed by atoms with Crippen LogP contribution in [-0.2, 0) is 0 Å². The molecule has 0 aliphatic heterocycles. The molecule has 76 valence electrons. The lowest BCUT2D eigenvalue weighted by Crippen LogP contribution is -2.03. The monoisotopic (exact) mass is 192 g/mol. The largest absolute Gasteiger partial charge is 0.491 e. The Morgan fingerprint density at radius 2 is 2.29 bits per heavy atom. The van der Waals surface area contributed by atoms with Crippen LogP contribution in [0.2, 0.25) is 0 Å². The predicted octanol–water partition coefficient (Wildman–Crippen LogP) is 2.57. The van der Waals surface area contributed by atoms with E-state index in [0.717, 1.165) is 17.7 Å². The quantitative estimate of drug-likeness (QED) is 0.745. The third-order valence-corrected chi connectivity index (χ3v) is 1.87. The lowest BCUT2D eigenvalue weighted by atomic mass is 10.1. The molecule has 0 fully saturated rings. The van der Waals surface area contributed by atoms with Gasteiger partial charge in [0, 0.05) is 17.0 Å². The van der Waals surface area contributed by atoms with E-state index in [9.17, 15) is 0 Å². The van der Waals surface area contributed by atoms with Gasteiger partial charge in [-0.1, -0.05) is 6.92 Å². The Hall–Kier alpha value is -1.38. The van der Waals surface area contributed by atoms with Gasteiger partial charge in [0.05, 0.1) is 12.8 Å². The topological polar surface area (TPSA) is 46.0 Å². The lowest BCUT2D eigenvalue weighted by molar-refractivity contribution is 0.315. The second-order valence-corrected chi connectivity index (χ2v) is 3.30. The van der Waals surface area contributed by atoms with Crippen LogP contribution in [0, 0.1) is 12.3 Å². The Kier molecular flexibility index (Phi) is 3.63. The highest BCUT2D eigenvalue weighted by atomic mass is 16.5. The molecule has 0 spiro atoms. The van der Waals surface area contributed by atoms with Crippen LogP contribution in [-0.4, -0.2) is 17.3 Å². The maximum Gasteiger partial charge on any atom is 0.146 e. The molecule has 1 N–H and O–H groups in total. The number of nitrogens with zero attached hydrogens (tertiary/aromatic N) is 1. The summed E-state index contributed by atoms with van der Waals surface area (Å²) in [5.74, 6) is 0.713. The summed E-state index contributed by atoms with van der Waals surface area (Å²) < 4.78 is 5.50. The van der Waals surface area contributed by atoms with Crippen molar-refractivity contribution in [2.24, 2.45) is 0 Å². The van der Waals surface area contributed by atoms with Crippen molar-refractivity contribution < 1.29 is 4.74 Å². The van der Waals surface area contributed by atoms with Crippen LogP contribution < -0.4 is 4.74 Å². The molecule has 0 saturated heterocycles. The highest BCUT2D eigenvalue weighted by Crippen LogP contribution is 2.18. The maximum absolute atomic E-state index is 7.60. The number of aryl methyl sites for hydroxylation is 1. The Balaban J connectivity index is 2.96. The molecule has 0 atom stereocenters. The molecule has 3 nitrogen and oxygen atoms in total. The first kappa shape index (κ1) is 10.7. The SMILES string of the molecule is CCCOc1cnc(C)cc1C(C)=N. The summed E-state index contributed by atoms with van der Waals surface area (Å²) in [5.41, 5.74) is 2.27. The normalized spacial score (nSPS) is 9.93. The van der Waals surface area contributed by atoms with Gasteiger partial charge in [0.25, 0.3) is 0 Å². The fourth-order valence-electron chi connectivity index (χ4n) is 1.17. The van der Waals surface area contributed by atoms with E-state index in [2.05, 4.69) is 11.9 Å². The molecule has 14 heavy (non-hydrogen) atoms. The third-order valence-electron chi connectivity index (χ3n) is 1.87. The summed E-state index contributed by atoms with van der Waals surface area (Å²) in [7, 11) is 0. The minimum Gasteiger partial charge on any atom is -0.491 e. The van der Waals surface area contributed by atoms with Crippen molar-refractivity contribution in [1.29, 1.82) is 5.41 Å². The molecular weight excluding hydrogens is 176 g/mol. The first-order valence-corrected chi connectivity index (χ1v) is 4.80. The second-order valence-electron chi connectivity index (χ2n) is 3.30. The fraction of sp³-hybridized carbons (Fsp3) is 0.455. The minimum absolute atomic E-state index is 0.515. The van der Waals surface area contributed by atoms with Crippen LogP contribution in [0.4, 0.5) is 0 Å². The summed E-state index contributed by atoms with van der Waals surface area (Å²) in [4.78, 5) is 4.15. The summed E-state index contributed by atoms with van der Waals surface area (Å²) >= 11 is 0. The number of aromatic nitrogens is 1. The molecule has 1 aromatic rings. The summed E-state index contributed by atoms with van der Waals surface area (Å²) in [6, 6.07) is 1.88. The molecule has 0 radical (unpaired) electrons. The molecule has 0 aliphatic carbocycles. The Morgan fingerprint density at radius 3 is 2.86 bits per heavy atom. The maximum atomic E-state index is 7.60. The van der Waals surface area contributed by atoms with Gasteiger partial charge in [-0.05, 0) is 26.3 Å². The van der Waals surface area contributed by atoms with Crippen molar-refractivity contribution in [2.45, 2.75) is 27.2 Å². The lowest BCUT2D eigenvalue weighted by Gasteiger charge is -2.09. The first-order valence-electron chi connectivity index (χ1n) is 4.80. The van der Waals surface area contributed by atoms with Crippen LogP contribution in [0.15, 0.2) is 12.3 Å². The number of ether oxygens (including phenoxy) is 1. The third kappa shape index (κ3) is 2.55. The number of rotatable bonds is 4. The average molecular weight is 192 g/mol. The van der Waals surface area contributed by atoms with Crippen molar-refractivity contribution in [3.05, 3.63) is 23.5 Å². The molecule has 1 heterocycles.